The summed E-state index contributed by atoms with van der Waals surface area (Å²) in [7, 11) is 0. The fraction of sp³-hybridized carbons (Fsp3) is 0.667. The molecule has 1 N–H and O–H groups in total. The van der Waals surface area contributed by atoms with Crippen molar-refractivity contribution < 1.29 is 13.2 Å². The van der Waals surface area contributed by atoms with E-state index in [1.54, 1.807) is 0 Å². The highest BCUT2D eigenvalue weighted by molar-refractivity contribution is 5.40. The maximum Gasteiger partial charge on any atom is 0.432 e. The average molecular weight is 219 g/mol. The van der Waals surface area contributed by atoms with Crippen LogP contribution in [0.2, 0.25) is 0 Å². The molecule has 0 aromatic carbocycles. The number of anilines is 1. The van der Waals surface area contributed by atoms with E-state index in [1.807, 2.05) is 10.00 Å². The number of aromatic amines is 1. The van der Waals surface area contributed by atoms with Crippen LogP contribution in [0.4, 0.5) is 19.0 Å². The van der Waals surface area contributed by atoms with E-state index in [0.29, 0.717) is 5.82 Å². The van der Waals surface area contributed by atoms with Gasteiger partial charge in [0.15, 0.2) is 5.82 Å². The van der Waals surface area contributed by atoms with Gasteiger partial charge < -0.3 is 4.90 Å². The maximum absolute atomic E-state index is 12.3. The first-order valence-corrected chi connectivity index (χ1v) is 4.95. The normalized spacial score (nSPS) is 18.2. The Bertz CT molecular complexity index is 326. The third-order valence-electron chi connectivity index (χ3n) is 2.55. The van der Waals surface area contributed by atoms with E-state index in [4.69, 9.17) is 0 Å². The number of hydrogen-bond donors (Lipinski definition) is 1. The predicted molar refractivity (Wildman–Crippen MR) is 49.7 cm³/mol. The van der Waals surface area contributed by atoms with Crippen LogP contribution in [-0.2, 0) is 6.18 Å². The number of halogens is 3. The van der Waals surface area contributed by atoms with Gasteiger partial charge >= 0.3 is 6.18 Å². The summed E-state index contributed by atoms with van der Waals surface area (Å²) < 4.78 is 36.8. The molecule has 1 aliphatic rings. The smallest absolute Gasteiger partial charge is 0.355 e. The number of nitrogens with zero attached hydrogens (tertiary/aromatic N) is 2. The number of H-pyrrole nitrogens is 1. The first kappa shape index (κ1) is 10.3. The minimum atomic E-state index is -4.33. The lowest BCUT2D eigenvalue weighted by Gasteiger charge is -2.26. The molecule has 0 amide bonds. The number of aromatic nitrogens is 2. The van der Waals surface area contributed by atoms with Gasteiger partial charge in [0.05, 0.1) is 0 Å². The van der Waals surface area contributed by atoms with Crippen LogP contribution in [-0.4, -0.2) is 23.3 Å². The number of piperidine rings is 1. The van der Waals surface area contributed by atoms with Crippen molar-refractivity contribution in [1.29, 1.82) is 0 Å². The molecule has 1 aliphatic heterocycles. The zero-order valence-corrected chi connectivity index (χ0v) is 8.14. The first-order chi connectivity index (χ1) is 7.07. The van der Waals surface area contributed by atoms with Gasteiger partial charge in [-0.25, -0.2) is 0 Å². The lowest BCUT2D eigenvalue weighted by atomic mass is 10.1. The molecule has 1 fully saturated rings. The molecule has 0 radical (unpaired) electrons. The first-order valence-electron chi connectivity index (χ1n) is 4.95. The van der Waals surface area contributed by atoms with E-state index in [2.05, 4.69) is 5.10 Å². The quantitative estimate of drug-likeness (QED) is 0.786. The number of hydrogen-bond acceptors (Lipinski definition) is 2. The summed E-state index contributed by atoms with van der Waals surface area (Å²) in [6.45, 7) is 1.59. The minimum Gasteiger partial charge on any atom is -0.355 e. The van der Waals surface area contributed by atoms with Gasteiger partial charge in [0.2, 0.25) is 0 Å². The molecule has 0 aliphatic carbocycles. The van der Waals surface area contributed by atoms with E-state index >= 15 is 0 Å². The van der Waals surface area contributed by atoms with Gasteiger partial charge in [0.1, 0.15) is 5.69 Å². The van der Waals surface area contributed by atoms with Crippen LogP contribution in [0.5, 0.6) is 0 Å². The van der Waals surface area contributed by atoms with E-state index in [0.717, 1.165) is 38.4 Å². The van der Waals surface area contributed by atoms with Crippen molar-refractivity contribution in [3.63, 3.8) is 0 Å². The molecule has 6 heteroatoms. The van der Waals surface area contributed by atoms with E-state index in [9.17, 15) is 13.2 Å². The van der Waals surface area contributed by atoms with Crippen LogP contribution in [0.3, 0.4) is 0 Å². The van der Waals surface area contributed by atoms with Gasteiger partial charge in [-0.3, -0.25) is 5.10 Å². The largest absolute Gasteiger partial charge is 0.432 e. The van der Waals surface area contributed by atoms with Crippen molar-refractivity contribution in [3.8, 4) is 0 Å². The summed E-state index contributed by atoms with van der Waals surface area (Å²) in [5, 5.41) is 5.71. The van der Waals surface area contributed by atoms with Crippen molar-refractivity contribution in [1.82, 2.24) is 10.2 Å². The highest BCUT2D eigenvalue weighted by Gasteiger charge is 2.33. The molecule has 0 atom stereocenters. The lowest BCUT2D eigenvalue weighted by molar-refractivity contribution is -0.141. The molecule has 15 heavy (non-hydrogen) atoms. The summed E-state index contributed by atoms with van der Waals surface area (Å²) in [4.78, 5) is 1.88. The average Bonchev–Trinajstić information content (AvgIpc) is 2.67. The molecule has 1 aromatic heterocycles. The summed E-state index contributed by atoms with van der Waals surface area (Å²) in [5.74, 6) is 0.405. The highest BCUT2D eigenvalue weighted by Crippen LogP contribution is 2.30. The Labute approximate surface area is 85.3 Å². The molecule has 3 nitrogen and oxygen atoms in total. The van der Waals surface area contributed by atoms with E-state index in [1.165, 1.54) is 0 Å². The van der Waals surface area contributed by atoms with Gasteiger partial charge in [-0.05, 0) is 19.3 Å². The maximum atomic E-state index is 12.3. The standard InChI is InChI=1S/C9H12F3N3/c10-9(11,12)7-6-8(14-13-7)15-4-2-1-3-5-15/h6H,1-5H2,(H,13,14). The number of rotatable bonds is 1. The Hall–Kier alpha value is -1.20. The third-order valence-corrected chi connectivity index (χ3v) is 2.55. The Kier molecular flexibility index (Phi) is 2.58. The lowest BCUT2D eigenvalue weighted by Crippen LogP contribution is -2.29. The SMILES string of the molecule is FC(F)(F)c1cc(N2CCCCC2)n[nH]1. The van der Waals surface area contributed by atoms with Gasteiger partial charge in [-0.1, -0.05) is 0 Å². The molecular formula is C9H12F3N3. The second-order valence-electron chi connectivity index (χ2n) is 3.69. The zero-order valence-electron chi connectivity index (χ0n) is 8.14. The molecule has 0 saturated carbocycles. The molecule has 0 bridgehead atoms. The molecule has 2 heterocycles. The third kappa shape index (κ3) is 2.24. The van der Waals surface area contributed by atoms with Crippen molar-refractivity contribution >= 4 is 5.82 Å². The van der Waals surface area contributed by atoms with Crippen molar-refractivity contribution in [3.05, 3.63) is 11.8 Å². The summed E-state index contributed by atoms with van der Waals surface area (Å²) in [6.07, 6.45) is -1.14. The number of nitrogens with one attached hydrogen (secondary N) is 1. The monoisotopic (exact) mass is 219 g/mol. The predicted octanol–water partition coefficient (Wildman–Crippen LogP) is 2.42. The van der Waals surface area contributed by atoms with Crippen LogP contribution in [0.15, 0.2) is 6.07 Å². The Morgan fingerprint density at radius 1 is 1.20 bits per heavy atom. The Morgan fingerprint density at radius 2 is 1.87 bits per heavy atom. The molecular weight excluding hydrogens is 207 g/mol. The van der Waals surface area contributed by atoms with Gasteiger partial charge in [-0.15, -0.1) is 0 Å². The Balaban J connectivity index is 2.12. The van der Waals surface area contributed by atoms with Crippen molar-refractivity contribution in [2.75, 3.05) is 18.0 Å². The molecule has 0 spiro atoms. The summed E-state index contributed by atoms with van der Waals surface area (Å²) in [6, 6.07) is 1.07. The van der Waals surface area contributed by atoms with Gasteiger partial charge in [0.25, 0.3) is 0 Å². The fourth-order valence-electron chi connectivity index (χ4n) is 1.74. The Morgan fingerprint density at radius 3 is 2.40 bits per heavy atom. The fourth-order valence-corrected chi connectivity index (χ4v) is 1.74. The van der Waals surface area contributed by atoms with Crippen molar-refractivity contribution in [2.45, 2.75) is 25.4 Å². The van der Waals surface area contributed by atoms with Gasteiger partial charge in [0, 0.05) is 19.2 Å². The number of alkyl halides is 3. The van der Waals surface area contributed by atoms with Crippen LogP contribution < -0.4 is 4.90 Å². The molecule has 2 rings (SSSR count). The molecule has 0 unspecified atom stereocenters. The molecule has 1 aromatic rings. The molecule has 84 valence electrons. The topological polar surface area (TPSA) is 31.9 Å². The minimum absolute atomic E-state index is 0.405. The second-order valence-corrected chi connectivity index (χ2v) is 3.69. The van der Waals surface area contributed by atoms with Crippen LogP contribution in [0.25, 0.3) is 0 Å². The van der Waals surface area contributed by atoms with Gasteiger partial charge in [-0.2, -0.15) is 18.3 Å². The van der Waals surface area contributed by atoms with E-state index < -0.39 is 11.9 Å². The zero-order chi connectivity index (χ0) is 10.9. The summed E-state index contributed by atoms with van der Waals surface area (Å²) in [5.41, 5.74) is -0.775. The van der Waals surface area contributed by atoms with Crippen LogP contribution >= 0.6 is 0 Å². The second kappa shape index (κ2) is 3.75. The van der Waals surface area contributed by atoms with Crippen molar-refractivity contribution in [2.24, 2.45) is 0 Å². The highest BCUT2D eigenvalue weighted by atomic mass is 19.4. The molecule has 1 saturated heterocycles. The van der Waals surface area contributed by atoms with Crippen LogP contribution in [0.1, 0.15) is 25.0 Å². The van der Waals surface area contributed by atoms with Crippen LogP contribution in [0, 0.1) is 0 Å². The summed E-state index contributed by atoms with van der Waals surface area (Å²) >= 11 is 0. The van der Waals surface area contributed by atoms with E-state index in [-0.39, 0.29) is 0 Å².